The Morgan fingerprint density at radius 3 is 2.16 bits per heavy atom. The van der Waals surface area contributed by atoms with Gasteiger partial charge in [0.2, 0.25) is 10.0 Å². The van der Waals surface area contributed by atoms with Gasteiger partial charge < -0.3 is 9.80 Å². The summed E-state index contributed by atoms with van der Waals surface area (Å²) in [5, 5.41) is -0.373. The first-order valence-electron chi connectivity index (χ1n) is 7.12. The molecule has 6 heteroatoms. The molecule has 114 valence electrons. The van der Waals surface area contributed by atoms with Crippen molar-refractivity contribution >= 4 is 10.0 Å². The predicted molar refractivity (Wildman–Crippen MR) is 79.8 cm³/mol. The van der Waals surface area contributed by atoms with Gasteiger partial charge in [-0.15, -0.1) is 0 Å². The van der Waals surface area contributed by atoms with E-state index in [0.29, 0.717) is 6.54 Å². The third kappa shape index (κ3) is 4.15. The van der Waals surface area contributed by atoms with Crippen LogP contribution in [0.5, 0.6) is 0 Å². The number of hydrogen-bond donors (Lipinski definition) is 1. The second-order valence-corrected chi connectivity index (χ2v) is 8.29. The fraction of sp³-hybridized carbons (Fsp3) is 1.00. The molecule has 0 atom stereocenters. The second-order valence-electron chi connectivity index (χ2n) is 5.97. The number of nitrogens with one attached hydrogen (secondary N) is 1. The molecule has 0 unspecified atom stereocenters. The predicted octanol–water partition coefficient (Wildman–Crippen LogP) is 0.730. The fourth-order valence-electron chi connectivity index (χ4n) is 2.47. The Balaban J connectivity index is 2.70. The Hall–Kier alpha value is -0.170. The van der Waals surface area contributed by atoms with E-state index in [9.17, 15) is 8.42 Å². The maximum atomic E-state index is 11.9. The number of piperidine rings is 1. The van der Waals surface area contributed by atoms with E-state index in [-0.39, 0.29) is 10.8 Å². The molecule has 0 aromatic rings. The number of nitrogens with zero attached hydrogens (tertiary/aromatic N) is 2. The van der Waals surface area contributed by atoms with Crippen LogP contribution in [0.3, 0.4) is 0 Å². The third-order valence-corrected chi connectivity index (χ3v) is 6.19. The summed E-state index contributed by atoms with van der Waals surface area (Å²) < 4.78 is 26.6. The first kappa shape index (κ1) is 16.9. The van der Waals surface area contributed by atoms with Crippen LogP contribution in [0.2, 0.25) is 0 Å². The number of likely N-dealkylation sites (N-methyl/N-ethyl adjacent to an activating group) is 1. The molecule has 0 bridgehead atoms. The van der Waals surface area contributed by atoms with Gasteiger partial charge >= 0.3 is 0 Å². The lowest BCUT2D eigenvalue weighted by molar-refractivity contribution is 0.0623. The molecule has 0 aromatic carbocycles. The molecule has 0 spiro atoms. The number of likely N-dealkylation sites (tertiary alicyclic amines) is 1. The van der Waals surface area contributed by atoms with E-state index in [1.807, 2.05) is 14.1 Å². The Labute approximate surface area is 118 Å². The number of sulfonamides is 1. The molecule has 0 saturated carbocycles. The van der Waals surface area contributed by atoms with Gasteiger partial charge in [-0.3, -0.25) is 0 Å². The van der Waals surface area contributed by atoms with E-state index < -0.39 is 10.0 Å². The molecule has 0 amide bonds. The lowest BCUT2D eigenvalue weighted by Gasteiger charge is -2.46. The minimum atomic E-state index is -3.18. The van der Waals surface area contributed by atoms with Crippen molar-refractivity contribution in [3.63, 3.8) is 0 Å². The van der Waals surface area contributed by atoms with Crippen molar-refractivity contribution in [1.82, 2.24) is 14.5 Å². The zero-order valence-corrected chi connectivity index (χ0v) is 13.8. The maximum Gasteiger partial charge on any atom is 0.213 e. The van der Waals surface area contributed by atoms with Gasteiger partial charge in [-0.2, -0.15) is 0 Å². The molecule has 0 aromatic heterocycles. The first-order chi connectivity index (χ1) is 8.73. The summed E-state index contributed by atoms with van der Waals surface area (Å²) in [6.45, 7) is 9.26. The topological polar surface area (TPSA) is 52.7 Å². The maximum absolute atomic E-state index is 11.9. The minimum absolute atomic E-state index is 0.0480. The lowest BCUT2D eigenvalue weighted by Crippen LogP contribution is -2.58. The van der Waals surface area contributed by atoms with E-state index in [0.717, 1.165) is 32.5 Å². The molecule has 1 saturated heterocycles. The van der Waals surface area contributed by atoms with Gasteiger partial charge in [0.05, 0.1) is 5.25 Å². The highest BCUT2D eigenvalue weighted by Gasteiger charge is 2.37. The molecule has 1 N–H and O–H groups in total. The van der Waals surface area contributed by atoms with Crippen molar-refractivity contribution in [3.8, 4) is 0 Å². The largest absolute Gasteiger partial charge is 0.303 e. The van der Waals surface area contributed by atoms with Crippen LogP contribution in [0, 0.1) is 0 Å². The SMILES string of the molecule is CCN1CCC(CNS(=O)(=O)C(C)C)(N(C)C)CC1. The van der Waals surface area contributed by atoms with Gasteiger partial charge in [-0.1, -0.05) is 6.92 Å². The van der Waals surface area contributed by atoms with Crippen molar-refractivity contribution in [2.45, 2.75) is 44.4 Å². The van der Waals surface area contributed by atoms with Gasteiger partial charge in [0.1, 0.15) is 0 Å². The van der Waals surface area contributed by atoms with Crippen LogP contribution < -0.4 is 4.72 Å². The molecule has 1 heterocycles. The average molecular weight is 291 g/mol. The number of hydrogen-bond acceptors (Lipinski definition) is 4. The van der Waals surface area contributed by atoms with E-state index in [1.165, 1.54) is 0 Å². The molecular formula is C13H29N3O2S. The molecule has 1 rings (SSSR count). The quantitative estimate of drug-likeness (QED) is 0.784. The normalized spacial score (nSPS) is 21.2. The summed E-state index contributed by atoms with van der Waals surface area (Å²) in [5.41, 5.74) is -0.0480. The van der Waals surface area contributed by atoms with Crippen LogP contribution in [0.1, 0.15) is 33.6 Å². The summed E-state index contributed by atoms with van der Waals surface area (Å²) in [7, 11) is 0.915. The summed E-state index contributed by atoms with van der Waals surface area (Å²) in [4.78, 5) is 4.60. The standard InChI is InChI=1S/C13H29N3O2S/c1-6-16-9-7-13(8-10-16,15(4)5)11-14-19(17,18)12(2)3/h12,14H,6-11H2,1-5H3. The molecule has 1 fully saturated rings. The van der Waals surface area contributed by atoms with Gasteiger partial charge in [0.15, 0.2) is 0 Å². The highest BCUT2D eigenvalue weighted by atomic mass is 32.2. The van der Waals surface area contributed by atoms with Crippen LogP contribution in [-0.4, -0.2) is 69.3 Å². The van der Waals surface area contributed by atoms with Crippen LogP contribution in [0.4, 0.5) is 0 Å². The van der Waals surface area contributed by atoms with Crippen molar-refractivity contribution in [3.05, 3.63) is 0 Å². The van der Waals surface area contributed by atoms with E-state index in [2.05, 4.69) is 21.4 Å². The van der Waals surface area contributed by atoms with E-state index >= 15 is 0 Å². The van der Waals surface area contributed by atoms with Crippen molar-refractivity contribution in [2.75, 3.05) is 40.3 Å². The Morgan fingerprint density at radius 1 is 1.26 bits per heavy atom. The number of rotatable bonds is 6. The Morgan fingerprint density at radius 2 is 1.79 bits per heavy atom. The minimum Gasteiger partial charge on any atom is -0.303 e. The molecular weight excluding hydrogens is 262 g/mol. The van der Waals surface area contributed by atoms with E-state index in [4.69, 9.17) is 0 Å². The van der Waals surface area contributed by atoms with Gasteiger partial charge in [0, 0.05) is 12.1 Å². The van der Waals surface area contributed by atoms with Gasteiger partial charge in [0.25, 0.3) is 0 Å². The van der Waals surface area contributed by atoms with Crippen LogP contribution in [-0.2, 0) is 10.0 Å². The lowest BCUT2D eigenvalue weighted by atomic mass is 9.86. The van der Waals surface area contributed by atoms with Crippen molar-refractivity contribution < 1.29 is 8.42 Å². The summed E-state index contributed by atoms with van der Waals surface area (Å²) in [6.07, 6.45) is 2.02. The highest BCUT2D eigenvalue weighted by Crippen LogP contribution is 2.26. The van der Waals surface area contributed by atoms with Crippen LogP contribution in [0.25, 0.3) is 0 Å². The molecule has 5 nitrogen and oxygen atoms in total. The molecule has 1 aliphatic rings. The van der Waals surface area contributed by atoms with Gasteiger partial charge in [-0.05, 0) is 60.4 Å². The Kier molecular flexibility index (Phi) is 5.79. The molecule has 19 heavy (non-hydrogen) atoms. The van der Waals surface area contributed by atoms with E-state index in [1.54, 1.807) is 13.8 Å². The fourth-order valence-corrected chi connectivity index (χ4v) is 3.27. The summed E-state index contributed by atoms with van der Waals surface area (Å²) in [5.74, 6) is 0. The summed E-state index contributed by atoms with van der Waals surface area (Å²) in [6, 6.07) is 0. The molecule has 0 radical (unpaired) electrons. The van der Waals surface area contributed by atoms with Crippen LogP contribution >= 0.6 is 0 Å². The molecule has 1 aliphatic heterocycles. The van der Waals surface area contributed by atoms with Crippen molar-refractivity contribution in [2.24, 2.45) is 0 Å². The zero-order chi connectivity index (χ0) is 14.7. The highest BCUT2D eigenvalue weighted by molar-refractivity contribution is 7.90. The zero-order valence-electron chi connectivity index (χ0n) is 12.9. The second kappa shape index (κ2) is 6.52. The monoisotopic (exact) mass is 291 g/mol. The Bertz CT molecular complexity index is 371. The van der Waals surface area contributed by atoms with Crippen LogP contribution in [0.15, 0.2) is 0 Å². The first-order valence-corrected chi connectivity index (χ1v) is 8.66. The van der Waals surface area contributed by atoms with Gasteiger partial charge in [-0.25, -0.2) is 13.1 Å². The average Bonchev–Trinajstić information content (AvgIpc) is 2.36. The smallest absolute Gasteiger partial charge is 0.213 e. The summed E-state index contributed by atoms with van der Waals surface area (Å²) >= 11 is 0. The third-order valence-electron chi connectivity index (χ3n) is 4.41. The van der Waals surface area contributed by atoms with Crippen molar-refractivity contribution in [1.29, 1.82) is 0 Å². The molecule has 0 aliphatic carbocycles.